The summed E-state index contributed by atoms with van der Waals surface area (Å²) in [5.74, 6) is -0.851. The number of carboxylic acids is 1. The molecular formula is C17H32O6. The Bertz CT molecular complexity index is 318. The van der Waals surface area contributed by atoms with Crippen LogP contribution < -0.4 is 0 Å². The smallest absolute Gasteiger partial charge is 0.306 e. The molecule has 0 aromatic carbocycles. The van der Waals surface area contributed by atoms with Crippen LogP contribution in [0.2, 0.25) is 0 Å². The molecule has 6 nitrogen and oxygen atoms in total. The molecule has 6 heteroatoms. The average molecular weight is 332 g/mol. The number of aliphatic carboxylic acids is 1. The van der Waals surface area contributed by atoms with Crippen molar-refractivity contribution in [2.24, 2.45) is 0 Å². The van der Waals surface area contributed by atoms with Crippen LogP contribution in [0.25, 0.3) is 0 Å². The minimum atomic E-state index is -0.682. The van der Waals surface area contributed by atoms with Gasteiger partial charge in [0.1, 0.15) is 12.2 Å². The van der Waals surface area contributed by atoms with Crippen LogP contribution >= 0.6 is 0 Å². The first-order valence-electron chi connectivity index (χ1n) is 8.68. The largest absolute Gasteiger partial charge is 0.481 e. The highest BCUT2D eigenvalue weighted by Gasteiger charge is 2.30. The summed E-state index contributed by atoms with van der Waals surface area (Å²) in [5, 5.41) is 17.1. The van der Waals surface area contributed by atoms with Gasteiger partial charge in [-0.2, -0.15) is 0 Å². The third kappa shape index (κ3) is 12.0. The summed E-state index contributed by atoms with van der Waals surface area (Å²) in [4.78, 5) is 21.3. The first-order chi connectivity index (χ1) is 11.0. The summed E-state index contributed by atoms with van der Waals surface area (Å²) < 4.78 is 10.5. The van der Waals surface area contributed by atoms with Crippen molar-refractivity contribution in [2.45, 2.75) is 83.8 Å². The van der Waals surface area contributed by atoms with Crippen LogP contribution in [0, 0.1) is 0 Å². The van der Waals surface area contributed by atoms with E-state index >= 15 is 0 Å². The summed E-state index contributed by atoms with van der Waals surface area (Å²) >= 11 is 0. The molecule has 1 fully saturated rings. The molecule has 0 spiro atoms. The Kier molecular flexibility index (Phi) is 13.7. The van der Waals surface area contributed by atoms with Crippen molar-refractivity contribution in [3.05, 3.63) is 0 Å². The number of hydrogen-bond donors (Lipinski definition) is 2. The number of carbonyl (C=O) groups is 2. The van der Waals surface area contributed by atoms with Gasteiger partial charge in [-0.1, -0.05) is 39.5 Å². The maximum Gasteiger partial charge on any atom is 0.306 e. The first-order valence-corrected chi connectivity index (χ1v) is 8.68. The molecule has 2 atom stereocenters. The Morgan fingerprint density at radius 1 is 1.09 bits per heavy atom. The lowest BCUT2D eigenvalue weighted by molar-refractivity contribution is -0.152. The zero-order chi connectivity index (χ0) is 17.5. The molecule has 0 aromatic rings. The number of hydrogen-bond acceptors (Lipinski definition) is 5. The van der Waals surface area contributed by atoms with Gasteiger partial charge in [0.25, 0.3) is 0 Å². The first kappa shape index (κ1) is 21.9. The molecule has 0 aliphatic carbocycles. The van der Waals surface area contributed by atoms with E-state index < -0.39 is 5.97 Å². The monoisotopic (exact) mass is 332 g/mol. The van der Waals surface area contributed by atoms with Gasteiger partial charge in [0, 0.05) is 19.3 Å². The molecule has 1 rings (SSSR count). The molecule has 2 unspecified atom stereocenters. The molecule has 1 aliphatic rings. The molecule has 136 valence electrons. The van der Waals surface area contributed by atoms with Crippen LogP contribution in [0.4, 0.5) is 0 Å². The van der Waals surface area contributed by atoms with Gasteiger partial charge in [0.15, 0.2) is 0 Å². The zero-order valence-corrected chi connectivity index (χ0v) is 14.5. The van der Waals surface area contributed by atoms with Crippen LogP contribution in [0.15, 0.2) is 0 Å². The number of carboxylic acid groups (broad SMARTS) is 1. The van der Waals surface area contributed by atoms with E-state index in [9.17, 15) is 9.59 Å². The van der Waals surface area contributed by atoms with Gasteiger partial charge in [0.2, 0.25) is 0 Å². The predicted octanol–water partition coefficient (Wildman–Crippen LogP) is 2.91. The second-order valence-corrected chi connectivity index (χ2v) is 5.72. The van der Waals surface area contributed by atoms with E-state index in [-0.39, 0.29) is 24.8 Å². The Labute approximate surface area is 139 Å². The van der Waals surface area contributed by atoms with Gasteiger partial charge < -0.3 is 19.7 Å². The third-order valence-electron chi connectivity index (χ3n) is 3.59. The summed E-state index contributed by atoms with van der Waals surface area (Å²) in [6.07, 6.45) is 6.92. The highest BCUT2D eigenvalue weighted by atomic mass is 16.6. The second kappa shape index (κ2) is 14.5. The van der Waals surface area contributed by atoms with E-state index in [0.29, 0.717) is 25.9 Å². The topological polar surface area (TPSA) is 93.1 Å². The van der Waals surface area contributed by atoms with Crippen LogP contribution in [0.5, 0.6) is 0 Å². The predicted molar refractivity (Wildman–Crippen MR) is 87.2 cm³/mol. The summed E-state index contributed by atoms with van der Waals surface area (Å²) in [5.41, 5.74) is 0. The van der Waals surface area contributed by atoms with Crippen LogP contribution in [0.1, 0.15) is 71.6 Å². The Balaban J connectivity index is 0.000000515. The van der Waals surface area contributed by atoms with Crippen LogP contribution in [-0.2, 0) is 19.1 Å². The molecule has 1 heterocycles. The molecular weight excluding hydrogens is 300 g/mol. The van der Waals surface area contributed by atoms with E-state index in [4.69, 9.17) is 19.7 Å². The number of rotatable bonds is 10. The molecule has 2 N–H and O–H groups in total. The van der Waals surface area contributed by atoms with Gasteiger partial charge in [-0.15, -0.1) is 0 Å². The van der Waals surface area contributed by atoms with Gasteiger partial charge in [-0.3, -0.25) is 9.59 Å². The fourth-order valence-electron chi connectivity index (χ4n) is 2.21. The number of esters is 1. The van der Waals surface area contributed by atoms with Crippen molar-refractivity contribution in [3.63, 3.8) is 0 Å². The lowest BCUT2D eigenvalue weighted by Gasteiger charge is -2.16. The van der Waals surface area contributed by atoms with Gasteiger partial charge in [-0.05, 0) is 12.8 Å². The number of aliphatic hydroxyl groups is 1. The highest BCUT2D eigenvalue weighted by molar-refractivity contribution is 5.69. The molecule has 1 aliphatic heterocycles. The molecule has 1 saturated heterocycles. The molecule has 0 aromatic heterocycles. The van der Waals surface area contributed by atoms with Crippen molar-refractivity contribution in [3.8, 4) is 0 Å². The summed E-state index contributed by atoms with van der Waals surface area (Å²) in [6.45, 7) is 4.64. The number of aliphatic hydroxyl groups excluding tert-OH is 1. The lowest BCUT2D eigenvalue weighted by atomic mass is 10.2. The van der Waals surface area contributed by atoms with Crippen LogP contribution in [-0.4, -0.2) is 47.6 Å². The van der Waals surface area contributed by atoms with Crippen molar-refractivity contribution in [1.82, 2.24) is 0 Å². The standard InChI is InChI=1S/C11H20O4.C6H12O2/c1-2-3-4-5-11(13)15-9-6-7-14-10(9)8-12;1-2-3-4-5-6(7)8/h9-10,12H,2-8H2,1H3;2-5H2,1H3,(H,7,8). The van der Waals surface area contributed by atoms with Crippen molar-refractivity contribution < 1.29 is 29.3 Å². The Morgan fingerprint density at radius 3 is 2.22 bits per heavy atom. The fourth-order valence-corrected chi connectivity index (χ4v) is 2.21. The molecule has 0 saturated carbocycles. The third-order valence-corrected chi connectivity index (χ3v) is 3.59. The number of ether oxygens (including phenoxy) is 2. The Morgan fingerprint density at radius 2 is 1.70 bits per heavy atom. The molecule has 0 radical (unpaired) electrons. The van der Waals surface area contributed by atoms with Crippen LogP contribution in [0.3, 0.4) is 0 Å². The summed E-state index contributed by atoms with van der Waals surface area (Å²) in [7, 11) is 0. The minimum Gasteiger partial charge on any atom is -0.481 e. The minimum absolute atomic E-state index is 0.0765. The van der Waals surface area contributed by atoms with E-state index in [1.54, 1.807) is 0 Å². The van der Waals surface area contributed by atoms with E-state index in [2.05, 4.69) is 13.8 Å². The van der Waals surface area contributed by atoms with Gasteiger partial charge in [0.05, 0.1) is 13.2 Å². The SMILES string of the molecule is CCCCCC(=O)O.CCCCCC(=O)OC1CCOC1CO. The highest BCUT2D eigenvalue weighted by Crippen LogP contribution is 2.17. The molecule has 23 heavy (non-hydrogen) atoms. The maximum atomic E-state index is 11.4. The molecule has 0 amide bonds. The quantitative estimate of drug-likeness (QED) is 0.472. The zero-order valence-electron chi connectivity index (χ0n) is 14.5. The van der Waals surface area contributed by atoms with Gasteiger partial charge in [-0.25, -0.2) is 0 Å². The van der Waals surface area contributed by atoms with E-state index in [0.717, 1.165) is 38.5 Å². The molecule has 0 bridgehead atoms. The van der Waals surface area contributed by atoms with Crippen molar-refractivity contribution in [2.75, 3.05) is 13.2 Å². The van der Waals surface area contributed by atoms with Gasteiger partial charge >= 0.3 is 11.9 Å². The van der Waals surface area contributed by atoms with E-state index in [1.165, 1.54) is 0 Å². The number of unbranched alkanes of at least 4 members (excludes halogenated alkanes) is 4. The Hall–Kier alpha value is -1.14. The lowest BCUT2D eigenvalue weighted by Crippen LogP contribution is -2.30. The maximum absolute atomic E-state index is 11.4. The normalized spacial score (nSPS) is 19.8. The van der Waals surface area contributed by atoms with Crippen molar-refractivity contribution >= 4 is 11.9 Å². The summed E-state index contributed by atoms with van der Waals surface area (Å²) in [6, 6.07) is 0. The fraction of sp³-hybridized carbons (Fsp3) is 0.882. The number of carbonyl (C=O) groups excluding carboxylic acids is 1. The van der Waals surface area contributed by atoms with Crippen molar-refractivity contribution in [1.29, 1.82) is 0 Å². The average Bonchev–Trinajstić information content (AvgIpc) is 2.95. The van der Waals surface area contributed by atoms with E-state index in [1.807, 2.05) is 0 Å². The second-order valence-electron chi connectivity index (χ2n) is 5.72.